The van der Waals surface area contributed by atoms with Crippen molar-refractivity contribution in [2.45, 2.75) is 57.1 Å². The molecule has 4 heteroatoms. The van der Waals surface area contributed by atoms with Gasteiger partial charge in [0.15, 0.2) is 0 Å². The van der Waals surface area contributed by atoms with E-state index in [2.05, 4.69) is 93.6 Å². The Morgan fingerprint density at radius 2 is 1.47 bits per heavy atom. The monoisotopic (exact) mass is 446 g/mol. The summed E-state index contributed by atoms with van der Waals surface area (Å²) in [6.07, 6.45) is 1.63. The number of aliphatic hydroxyl groups excluding tert-OH is 2. The van der Waals surface area contributed by atoms with E-state index in [-0.39, 0.29) is 17.6 Å². The van der Waals surface area contributed by atoms with Crippen molar-refractivity contribution in [2.75, 3.05) is 6.61 Å². The summed E-state index contributed by atoms with van der Waals surface area (Å²) in [6, 6.07) is 27.6. The minimum atomic E-state index is -2.72. The molecule has 168 valence electrons. The van der Waals surface area contributed by atoms with Gasteiger partial charge >= 0.3 is 8.32 Å². The molecule has 2 atom stereocenters. The third kappa shape index (κ3) is 4.03. The summed E-state index contributed by atoms with van der Waals surface area (Å²) in [5, 5.41) is 22.6. The molecule has 32 heavy (non-hydrogen) atoms. The minimum absolute atomic E-state index is 0.0496. The zero-order valence-corrected chi connectivity index (χ0v) is 20.3. The predicted molar refractivity (Wildman–Crippen MR) is 133 cm³/mol. The Balaban J connectivity index is 1.91. The molecule has 0 unspecified atom stereocenters. The van der Waals surface area contributed by atoms with E-state index in [0.29, 0.717) is 12.8 Å². The maximum absolute atomic E-state index is 10.6. The molecule has 1 aliphatic carbocycles. The van der Waals surface area contributed by atoms with Crippen LogP contribution in [0.25, 0.3) is 0 Å². The lowest BCUT2D eigenvalue weighted by atomic mass is 9.79. The fraction of sp³-hybridized carbons (Fsp3) is 0.357. The molecule has 4 rings (SSSR count). The van der Waals surface area contributed by atoms with Crippen LogP contribution in [0.2, 0.25) is 5.04 Å². The maximum Gasteiger partial charge on any atom is 0.319 e. The van der Waals surface area contributed by atoms with Crippen LogP contribution in [0.5, 0.6) is 5.75 Å². The van der Waals surface area contributed by atoms with Crippen LogP contribution in [-0.4, -0.2) is 31.2 Å². The van der Waals surface area contributed by atoms with Gasteiger partial charge in [-0.3, -0.25) is 0 Å². The van der Waals surface area contributed by atoms with Gasteiger partial charge in [-0.2, -0.15) is 0 Å². The lowest BCUT2D eigenvalue weighted by Gasteiger charge is -2.44. The Bertz CT molecular complexity index is 988. The van der Waals surface area contributed by atoms with Gasteiger partial charge in [0.05, 0.1) is 6.10 Å². The Morgan fingerprint density at radius 3 is 2.00 bits per heavy atom. The lowest BCUT2D eigenvalue weighted by molar-refractivity contribution is 0.110. The first kappa shape index (κ1) is 22.8. The normalized spacial score (nSPS) is 18.8. The van der Waals surface area contributed by atoms with E-state index in [9.17, 15) is 10.2 Å². The van der Waals surface area contributed by atoms with E-state index in [1.807, 2.05) is 6.07 Å². The topological polar surface area (TPSA) is 49.7 Å². The minimum Gasteiger partial charge on any atom is -0.534 e. The summed E-state index contributed by atoms with van der Waals surface area (Å²) >= 11 is 0. The average Bonchev–Trinajstić information content (AvgIpc) is 2.79. The molecule has 3 aromatic rings. The first-order valence-corrected chi connectivity index (χ1v) is 13.5. The van der Waals surface area contributed by atoms with Gasteiger partial charge in [-0.1, -0.05) is 93.6 Å². The molecule has 0 saturated heterocycles. The van der Waals surface area contributed by atoms with Crippen LogP contribution in [0.3, 0.4) is 0 Å². The number of benzene rings is 3. The van der Waals surface area contributed by atoms with E-state index in [4.69, 9.17) is 4.43 Å². The van der Waals surface area contributed by atoms with E-state index < -0.39 is 14.4 Å². The fourth-order valence-electron chi connectivity index (χ4n) is 5.30. The van der Waals surface area contributed by atoms with Crippen LogP contribution in [0.15, 0.2) is 78.9 Å². The molecule has 0 fully saturated rings. The predicted octanol–water partition coefficient (Wildman–Crippen LogP) is 4.40. The molecule has 0 heterocycles. The summed E-state index contributed by atoms with van der Waals surface area (Å²) in [5.74, 6) is 0.873. The van der Waals surface area contributed by atoms with Gasteiger partial charge in [-0.25, -0.2) is 0 Å². The van der Waals surface area contributed by atoms with Gasteiger partial charge in [-0.05, 0) is 51.9 Å². The van der Waals surface area contributed by atoms with Crippen molar-refractivity contribution in [1.29, 1.82) is 0 Å². The summed E-state index contributed by atoms with van der Waals surface area (Å²) in [4.78, 5) is 0. The highest BCUT2D eigenvalue weighted by Crippen LogP contribution is 2.42. The number of fused-ring (bicyclic) bond motifs is 1. The van der Waals surface area contributed by atoms with E-state index in [1.54, 1.807) is 0 Å². The van der Waals surface area contributed by atoms with Crippen molar-refractivity contribution in [3.8, 4) is 5.75 Å². The Hall–Kier alpha value is -2.40. The van der Waals surface area contributed by atoms with Crippen molar-refractivity contribution in [3.05, 3.63) is 90.0 Å². The quantitative estimate of drug-likeness (QED) is 0.552. The van der Waals surface area contributed by atoms with Gasteiger partial charge in [0, 0.05) is 12.5 Å². The van der Waals surface area contributed by atoms with Crippen LogP contribution in [-0.2, 0) is 6.42 Å². The first-order valence-electron chi connectivity index (χ1n) is 11.6. The Kier molecular flexibility index (Phi) is 6.56. The lowest BCUT2D eigenvalue weighted by Crippen LogP contribution is -2.69. The van der Waals surface area contributed by atoms with Crippen molar-refractivity contribution in [2.24, 2.45) is 0 Å². The number of hydrogen-bond acceptors (Lipinski definition) is 3. The maximum atomic E-state index is 10.6. The van der Waals surface area contributed by atoms with Crippen molar-refractivity contribution in [3.63, 3.8) is 0 Å². The summed E-state index contributed by atoms with van der Waals surface area (Å²) < 4.78 is 7.29. The second-order valence-corrected chi connectivity index (χ2v) is 14.0. The van der Waals surface area contributed by atoms with E-state index in [0.717, 1.165) is 17.7 Å². The Morgan fingerprint density at radius 1 is 0.875 bits per heavy atom. The van der Waals surface area contributed by atoms with Gasteiger partial charge < -0.3 is 14.6 Å². The van der Waals surface area contributed by atoms with Gasteiger partial charge in [-0.15, -0.1) is 0 Å². The zero-order valence-electron chi connectivity index (χ0n) is 19.3. The molecular weight excluding hydrogens is 412 g/mol. The van der Waals surface area contributed by atoms with Crippen LogP contribution in [0.1, 0.15) is 50.7 Å². The van der Waals surface area contributed by atoms with E-state index >= 15 is 0 Å². The molecule has 3 nitrogen and oxygen atoms in total. The van der Waals surface area contributed by atoms with Gasteiger partial charge in [0.1, 0.15) is 5.75 Å². The molecule has 0 aromatic heterocycles. The third-order valence-corrected chi connectivity index (χ3v) is 11.8. The Labute approximate surface area is 192 Å². The van der Waals surface area contributed by atoms with Crippen LogP contribution < -0.4 is 14.8 Å². The van der Waals surface area contributed by atoms with E-state index in [1.165, 1.54) is 15.9 Å². The molecule has 0 bridgehead atoms. The second-order valence-electron chi connectivity index (χ2n) is 9.81. The highest BCUT2D eigenvalue weighted by atomic mass is 28.4. The smallest absolute Gasteiger partial charge is 0.319 e. The SMILES string of the molecule is CC(C)(C)[Si](Oc1cccc2c1CC[C@H](O)[C@@H]2CCO)(c1ccccc1)c1ccccc1. The second kappa shape index (κ2) is 9.22. The first-order chi connectivity index (χ1) is 15.4. The molecular formula is C28H34O3Si. The summed E-state index contributed by atoms with van der Waals surface area (Å²) in [7, 11) is -2.72. The molecule has 0 saturated carbocycles. The number of hydrogen-bond donors (Lipinski definition) is 2. The molecule has 1 aliphatic rings. The molecule has 0 spiro atoms. The van der Waals surface area contributed by atoms with Gasteiger partial charge in [0.2, 0.25) is 0 Å². The van der Waals surface area contributed by atoms with Crippen molar-refractivity contribution in [1.82, 2.24) is 0 Å². The van der Waals surface area contributed by atoms with Crippen LogP contribution >= 0.6 is 0 Å². The average molecular weight is 447 g/mol. The molecule has 2 N–H and O–H groups in total. The van der Waals surface area contributed by atoms with Crippen LogP contribution in [0.4, 0.5) is 0 Å². The summed E-state index contributed by atoms with van der Waals surface area (Å²) in [5.41, 5.74) is 2.30. The standard InChI is InChI=1S/C28H34O3Si/c1-28(2,3)32(21-11-6-4-7-12-21,22-13-8-5-9-14-22)31-27-16-10-15-23-24(19-20-29)26(30)18-17-25(23)27/h4-16,24,26,29-30H,17-20H2,1-3H3/t24-,26+/m1/s1. The fourth-order valence-corrected chi connectivity index (χ4v) is 9.75. The highest BCUT2D eigenvalue weighted by molar-refractivity contribution is 7.00. The highest BCUT2D eigenvalue weighted by Gasteiger charge is 2.52. The third-order valence-electron chi connectivity index (χ3n) is 6.84. The number of rotatable bonds is 6. The van der Waals surface area contributed by atoms with Gasteiger partial charge in [0.25, 0.3) is 0 Å². The van der Waals surface area contributed by atoms with Crippen molar-refractivity contribution < 1.29 is 14.6 Å². The molecule has 0 aliphatic heterocycles. The summed E-state index contributed by atoms with van der Waals surface area (Å²) in [6.45, 7) is 6.92. The molecule has 0 amide bonds. The molecule has 0 radical (unpaired) electrons. The zero-order chi connectivity index (χ0) is 22.8. The number of aliphatic hydroxyl groups is 2. The van der Waals surface area contributed by atoms with Crippen LogP contribution in [0, 0.1) is 0 Å². The largest absolute Gasteiger partial charge is 0.534 e. The molecule has 3 aromatic carbocycles. The van der Waals surface area contributed by atoms with Crippen molar-refractivity contribution >= 4 is 18.7 Å².